The second kappa shape index (κ2) is 4.51. The van der Waals surface area contributed by atoms with Crippen molar-refractivity contribution in [3.63, 3.8) is 0 Å². The summed E-state index contributed by atoms with van der Waals surface area (Å²) in [5.41, 5.74) is 8.55. The van der Waals surface area contributed by atoms with Crippen molar-refractivity contribution in [2.24, 2.45) is 11.7 Å². The molecule has 2 atom stereocenters. The van der Waals surface area contributed by atoms with Crippen LogP contribution < -0.4 is 11.1 Å². The predicted molar refractivity (Wildman–Crippen MR) is 71.1 cm³/mol. The van der Waals surface area contributed by atoms with E-state index in [2.05, 4.69) is 40.8 Å². The molecule has 0 spiro atoms. The topological polar surface area (TPSA) is 53.8 Å². The van der Waals surface area contributed by atoms with E-state index >= 15 is 0 Å². The molecule has 2 heterocycles. The van der Waals surface area contributed by atoms with E-state index in [1.807, 2.05) is 0 Å². The molecule has 1 aliphatic rings. The minimum absolute atomic E-state index is 0.546. The molecule has 2 aromatic rings. The maximum absolute atomic E-state index is 5.91. The average Bonchev–Trinajstić information content (AvgIpc) is 2.82. The third-order valence-corrected chi connectivity index (χ3v) is 3.95. The number of H-pyrrole nitrogens is 1. The Morgan fingerprint density at radius 3 is 3.06 bits per heavy atom. The Kier molecular flexibility index (Phi) is 2.87. The number of benzene rings is 1. The third kappa shape index (κ3) is 1.85. The molecule has 1 aromatic carbocycles. The highest BCUT2D eigenvalue weighted by Gasteiger charge is 2.26. The van der Waals surface area contributed by atoms with Crippen molar-refractivity contribution in [2.45, 2.75) is 12.3 Å². The first kappa shape index (κ1) is 10.8. The van der Waals surface area contributed by atoms with Crippen molar-refractivity contribution >= 4 is 10.9 Å². The lowest BCUT2D eigenvalue weighted by molar-refractivity contribution is 0.332. The first-order chi connectivity index (χ1) is 8.40. The molecule has 90 valence electrons. The Morgan fingerprint density at radius 1 is 1.29 bits per heavy atom. The van der Waals surface area contributed by atoms with E-state index in [1.165, 1.54) is 22.9 Å². The highest BCUT2D eigenvalue weighted by atomic mass is 14.9. The van der Waals surface area contributed by atoms with Crippen molar-refractivity contribution in [1.29, 1.82) is 0 Å². The number of para-hydroxylation sites is 1. The second-order valence-electron chi connectivity index (χ2n) is 4.88. The van der Waals surface area contributed by atoms with Gasteiger partial charge in [0, 0.05) is 29.6 Å². The lowest BCUT2D eigenvalue weighted by atomic mass is 9.81. The largest absolute Gasteiger partial charge is 0.361 e. The summed E-state index contributed by atoms with van der Waals surface area (Å²) in [4.78, 5) is 3.36. The fourth-order valence-corrected chi connectivity index (χ4v) is 2.96. The first-order valence-electron chi connectivity index (χ1n) is 6.37. The van der Waals surface area contributed by atoms with E-state index < -0.39 is 0 Å². The number of aromatic amines is 1. The molecule has 1 fully saturated rings. The number of rotatable bonds is 2. The van der Waals surface area contributed by atoms with E-state index in [9.17, 15) is 0 Å². The lowest BCUT2D eigenvalue weighted by Crippen LogP contribution is -2.38. The highest BCUT2D eigenvalue weighted by molar-refractivity contribution is 5.83. The minimum Gasteiger partial charge on any atom is -0.361 e. The van der Waals surface area contributed by atoms with Crippen LogP contribution in [-0.4, -0.2) is 24.6 Å². The third-order valence-electron chi connectivity index (χ3n) is 3.95. The van der Waals surface area contributed by atoms with E-state index in [1.54, 1.807) is 0 Å². The molecule has 3 rings (SSSR count). The zero-order valence-electron chi connectivity index (χ0n) is 9.95. The van der Waals surface area contributed by atoms with Gasteiger partial charge in [-0.3, -0.25) is 0 Å². The normalized spacial score (nSPS) is 25.2. The van der Waals surface area contributed by atoms with E-state index in [4.69, 9.17) is 5.73 Å². The number of nitrogens with two attached hydrogens (primary N) is 1. The van der Waals surface area contributed by atoms with E-state index in [-0.39, 0.29) is 0 Å². The molecule has 3 heteroatoms. The number of hydrogen-bond acceptors (Lipinski definition) is 2. The van der Waals surface area contributed by atoms with Crippen molar-refractivity contribution in [3.05, 3.63) is 36.0 Å². The predicted octanol–water partition coefficient (Wildman–Crippen LogP) is 1.82. The van der Waals surface area contributed by atoms with Gasteiger partial charge < -0.3 is 16.0 Å². The number of nitrogens with one attached hydrogen (secondary N) is 2. The van der Waals surface area contributed by atoms with Crippen LogP contribution in [0.5, 0.6) is 0 Å². The summed E-state index contributed by atoms with van der Waals surface area (Å²) in [6.45, 7) is 2.93. The summed E-state index contributed by atoms with van der Waals surface area (Å²) in [7, 11) is 0. The van der Waals surface area contributed by atoms with Gasteiger partial charge in [-0.05, 0) is 37.1 Å². The maximum atomic E-state index is 5.91. The zero-order valence-corrected chi connectivity index (χ0v) is 9.95. The van der Waals surface area contributed by atoms with Crippen LogP contribution in [0.25, 0.3) is 10.9 Å². The quantitative estimate of drug-likeness (QED) is 0.735. The average molecular weight is 229 g/mol. The van der Waals surface area contributed by atoms with Gasteiger partial charge >= 0.3 is 0 Å². The molecule has 17 heavy (non-hydrogen) atoms. The van der Waals surface area contributed by atoms with Crippen LogP contribution in [-0.2, 0) is 0 Å². The number of aromatic nitrogens is 1. The van der Waals surface area contributed by atoms with Gasteiger partial charge in [0.25, 0.3) is 0 Å². The zero-order chi connectivity index (χ0) is 11.7. The number of piperidine rings is 1. The first-order valence-corrected chi connectivity index (χ1v) is 6.37. The van der Waals surface area contributed by atoms with E-state index in [0.717, 1.165) is 19.6 Å². The van der Waals surface area contributed by atoms with Crippen molar-refractivity contribution < 1.29 is 0 Å². The summed E-state index contributed by atoms with van der Waals surface area (Å²) >= 11 is 0. The van der Waals surface area contributed by atoms with Gasteiger partial charge in [-0.15, -0.1) is 0 Å². The lowest BCUT2D eigenvalue weighted by Gasteiger charge is -2.31. The highest BCUT2D eigenvalue weighted by Crippen LogP contribution is 2.33. The summed E-state index contributed by atoms with van der Waals surface area (Å²) < 4.78 is 0. The Morgan fingerprint density at radius 2 is 2.18 bits per heavy atom. The summed E-state index contributed by atoms with van der Waals surface area (Å²) in [5, 5.41) is 4.83. The molecule has 2 unspecified atom stereocenters. The second-order valence-corrected chi connectivity index (χ2v) is 4.88. The van der Waals surface area contributed by atoms with Crippen LogP contribution in [0.3, 0.4) is 0 Å². The van der Waals surface area contributed by atoms with Crippen molar-refractivity contribution in [1.82, 2.24) is 10.3 Å². The standard InChI is InChI=1S/C14H19N3/c15-7-10-5-6-16-8-12(10)13-9-17-14-4-2-1-3-11(13)14/h1-4,9-10,12,16-17H,5-8,15H2. The van der Waals surface area contributed by atoms with Crippen molar-refractivity contribution in [2.75, 3.05) is 19.6 Å². The number of hydrogen-bond donors (Lipinski definition) is 3. The molecule has 1 aliphatic heterocycles. The van der Waals surface area contributed by atoms with Crippen LogP contribution >= 0.6 is 0 Å². The fourth-order valence-electron chi connectivity index (χ4n) is 2.96. The summed E-state index contributed by atoms with van der Waals surface area (Å²) in [6.07, 6.45) is 3.34. The SMILES string of the molecule is NCC1CCNCC1c1c[nH]c2ccccc12. The van der Waals surface area contributed by atoms with E-state index in [0.29, 0.717) is 11.8 Å². The maximum Gasteiger partial charge on any atom is 0.0456 e. The fraction of sp³-hybridized carbons (Fsp3) is 0.429. The van der Waals surface area contributed by atoms with Crippen LogP contribution in [0.2, 0.25) is 0 Å². The van der Waals surface area contributed by atoms with Crippen LogP contribution in [0.1, 0.15) is 17.9 Å². The molecule has 3 nitrogen and oxygen atoms in total. The molecule has 0 radical (unpaired) electrons. The Bertz CT molecular complexity index is 503. The van der Waals surface area contributed by atoms with Gasteiger partial charge in [-0.2, -0.15) is 0 Å². The summed E-state index contributed by atoms with van der Waals surface area (Å²) in [5.74, 6) is 1.15. The molecule has 1 saturated heterocycles. The molecular formula is C14H19N3. The minimum atomic E-state index is 0.546. The van der Waals surface area contributed by atoms with Gasteiger partial charge in [0.15, 0.2) is 0 Å². The Labute approximate surface area is 101 Å². The molecule has 0 amide bonds. The smallest absolute Gasteiger partial charge is 0.0456 e. The Hall–Kier alpha value is -1.32. The van der Waals surface area contributed by atoms with Gasteiger partial charge in [0.05, 0.1) is 0 Å². The summed E-state index contributed by atoms with van der Waals surface area (Å²) in [6, 6.07) is 8.51. The molecule has 0 bridgehead atoms. The van der Waals surface area contributed by atoms with Gasteiger partial charge in [0.1, 0.15) is 0 Å². The van der Waals surface area contributed by atoms with Gasteiger partial charge in [0.2, 0.25) is 0 Å². The van der Waals surface area contributed by atoms with Crippen LogP contribution in [0.4, 0.5) is 0 Å². The number of fused-ring (bicyclic) bond motifs is 1. The monoisotopic (exact) mass is 229 g/mol. The Balaban J connectivity index is 2.01. The van der Waals surface area contributed by atoms with Crippen LogP contribution in [0, 0.1) is 5.92 Å². The molecule has 4 N–H and O–H groups in total. The molecular weight excluding hydrogens is 210 g/mol. The van der Waals surface area contributed by atoms with Crippen LogP contribution in [0.15, 0.2) is 30.5 Å². The molecule has 1 aromatic heterocycles. The van der Waals surface area contributed by atoms with Gasteiger partial charge in [-0.1, -0.05) is 18.2 Å². The van der Waals surface area contributed by atoms with Gasteiger partial charge in [-0.25, -0.2) is 0 Å². The van der Waals surface area contributed by atoms with Crippen molar-refractivity contribution in [3.8, 4) is 0 Å². The molecule has 0 aliphatic carbocycles. The molecule has 0 saturated carbocycles.